The molecule has 0 N–H and O–H groups in total. The summed E-state index contributed by atoms with van der Waals surface area (Å²) in [5, 5.41) is 9.68. The molecule has 3 aliphatic rings. The van der Waals surface area contributed by atoms with Crippen LogP contribution < -0.4 is 9.47 Å². The smallest absolute Gasteiger partial charge is 0.120 e. The quantitative estimate of drug-likeness (QED) is 0.152. The molecule has 51 heavy (non-hydrogen) atoms. The molecule has 2 heterocycles. The predicted octanol–water partition coefficient (Wildman–Crippen LogP) is 10.2. The van der Waals surface area contributed by atoms with Crippen LogP contribution in [0.4, 0.5) is 0 Å². The van der Waals surface area contributed by atoms with Crippen LogP contribution in [0.2, 0.25) is 0 Å². The van der Waals surface area contributed by atoms with Crippen LogP contribution in [0, 0.1) is 0 Å². The van der Waals surface area contributed by atoms with Crippen molar-refractivity contribution in [1.82, 2.24) is 0 Å². The first kappa shape index (κ1) is 29.1. The van der Waals surface area contributed by atoms with Crippen LogP contribution in [0.25, 0.3) is 54.2 Å². The van der Waals surface area contributed by atoms with E-state index in [1.165, 1.54) is 65.7 Å². The summed E-state index contributed by atoms with van der Waals surface area (Å²) >= 11 is 0. The second-order valence-corrected chi connectivity index (χ2v) is 14.2. The van der Waals surface area contributed by atoms with Crippen molar-refractivity contribution in [2.24, 2.45) is 0 Å². The van der Waals surface area contributed by atoms with Crippen molar-refractivity contribution >= 4 is 43.1 Å². The van der Waals surface area contributed by atoms with Gasteiger partial charge >= 0.3 is 0 Å². The summed E-state index contributed by atoms with van der Waals surface area (Å²) < 4.78 is 22.9. The number of epoxide rings is 2. The second kappa shape index (κ2) is 11.2. The molecule has 2 unspecified atom stereocenters. The molecule has 2 fully saturated rings. The average Bonchev–Trinajstić information content (AvgIpc) is 4.13. The Morgan fingerprint density at radius 3 is 1.57 bits per heavy atom. The number of rotatable bonds is 8. The zero-order chi connectivity index (χ0) is 33.5. The Kier molecular flexibility index (Phi) is 6.37. The molecule has 4 heteroatoms. The molecule has 0 spiro atoms. The Morgan fingerprint density at radius 1 is 0.471 bits per heavy atom. The highest BCUT2D eigenvalue weighted by Gasteiger charge is 2.47. The zero-order valence-electron chi connectivity index (χ0n) is 28.0. The van der Waals surface area contributed by atoms with Crippen molar-refractivity contribution < 1.29 is 18.9 Å². The molecule has 246 valence electrons. The van der Waals surface area contributed by atoms with E-state index in [-0.39, 0.29) is 12.2 Å². The summed E-state index contributed by atoms with van der Waals surface area (Å²) in [6, 6.07) is 54.0. The van der Waals surface area contributed by atoms with Gasteiger partial charge in [-0.15, -0.1) is 0 Å². The molecule has 0 aromatic heterocycles. The molecule has 2 saturated heterocycles. The first-order chi connectivity index (χ1) is 25.2. The average molecular weight is 663 g/mol. The molecule has 8 aromatic rings. The van der Waals surface area contributed by atoms with E-state index in [1.54, 1.807) is 0 Å². The summed E-state index contributed by atoms with van der Waals surface area (Å²) in [7, 11) is 0. The maximum atomic E-state index is 6.07. The molecule has 2 atom stereocenters. The number of ether oxygens (including phenoxy) is 4. The Balaban J connectivity index is 1.17. The van der Waals surface area contributed by atoms with Crippen LogP contribution in [-0.4, -0.2) is 38.6 Å². The van der Waals surface area contributed by atoms with E-state index in [1.807, 2.05) is 0 Å². The molecular formula is C47H34O4. The minimum Gasteiger partial charge on any atom is -0.491 e. The van der Waals surface area contributed by atoms with Gasteiger partial charge in [-0.25, -0.2) is 0 Å². The molecule has 11 rings (SSSR count). The largest absolute Gasteiger partial charge is 0.491 e. The number of hydrogen-bond acceptors (Lipinski definition) is 4. The first-order valence-corrected chi connectivity index (χ1v) is 17.8. The topological polar surface area (TPSA) is 43.5 Å². The van der Waals surface area contributed by atoms with Crippen LogP contribution >= 0.6 is 0 Å². The molecule has 0 radical (unpaired) electrons. The van der Waals surface area contributed by atoms with Gasteiger partial charge in [-0.2, -0.15) is 0 Å². The van der Waals surface area contributed by atoms with Gasteiger partial charge in [0.05, 0.1) is 18.6 Å². The van der Waals surface area contributed by atoms with Gasteiger partial charge in [-0.3, -0.25) is 0 Å². The lowest BCUT2D eigenvalue weighted by atomic mass is 9.67. The van der Waals surface area contributed by atoms with Crippen molar-refractivity contribution in [3.63, 3.8) is 0 Å². The van der Waals surface area contributed by atoms with Crippen molar-refractivity contribution in [3.05, 3.63) is 168 Å². The van der Waals surface area contributed by atoms with Gasteiger partial charge in [0.25, 0.3) is 0 Å². The van der Waals surface area contributed by atoms with E-state index in [2.05, 4.69) is 146 Å². The minimum atomic E-state index is -0.571. The van der Waals surface area contributed by atoms with Gasteiger partial charge in [0.1, 0.15) is 36.9 Å². The fourth-order valence-electron chi connectivity index (χ4n) is 8.37. The van der Waals surface area contributed by atoms with Gasteiger partial charge in [-0.1, -0.05) is 97.1 Å². The van der Waals surface area contributed by atoms with Crippen LogP contribution in [0.15, 0.2) is 146 Å². The summed E-state index contributed by atoms with van der Waals surface area (Å²) in [6.07, 6.45) is 0.437. The van der Waals surface area contributed by atoms with E-state index in [0.717, 1.165) is 35.5 Å². The normalized spacial score (nSPS) is 20.1. The highest BCUT2D eigenvalue weighted by atomic mass is 16.6. The molecule has 8 aromatic carbocycles. The van der Waals surface area contributed by atoms with E-state index < -0.39 is 5.41 Å². The second-order valence-electron chi connectivity index (χ2n) is 14.2. The summed E-state index contributed by atoms with van der Waals surface area (Å²) in [5.41, 5.74) is 7.12. The standard InChI is InChI=1S/C47H34O4/c1-2-7-31-24-45-43(23-30(31)6-1)46-42-8-4-3-5-29(42)13-18-44(46)47(45,36-14-9-34-21-38(16-11-32(34)19-36)48-25-40-27-50-40)37-15-10-35-22-39(17-12-33(35)20-37)49-26-41-28-51-41/h1-24,40-41H,25-28H2. The summed E-state index contributed by atoms with van der Waals surface area (Å²) in [5.74, 6) is 1.75. The Bertz CT molecular complexity index is 2590. The summed E-state index contributed by atoms with van der Waals surface area (Å²) in [6.45, 7) is 2.75. The molecule has 1 aliphatic carbocycles. The van der Waals surface area contributed by atoms with E-state index in [9.17, 15) is 0 Å². The van der Waals surface area contributed by atoms with Crippen molar-refractivity contribution in [2.75, 3.05) is 26.4 Å². The third-order valence-electron chi connectivity index (χ3n) is 11.1. The fraction of sp³-hybridized carbons (Fsp3) is 0.149. The minimum absolute atomic E-state index is 0.219. The molecule has 4 nitrogen and oxygen atoms in total. The third kappa shape index (κ3) is 4.75. The van der Waals surface area contributed by atoms with E-state index in [4.69, 9.17) is 18.9 Å². The number of hydrogen-bond donors (Lipinski definition) is 0. The van der Waals surface area contributed by atoms with Crippen LogP contribution in [0.1, 0.15) is 22.3 Å². The summed E-state index contributed by atoms with van der Waals surface area (Å²) in [4.78, 5) is 0. The Hall–Kier alpha value is -5.68. The molecule has 0 amide bonds. The van der Waals surface area contributed by atoms with E-state index >= 15 is 0 Å². The van der Waals surface area contributed by atoms with Gasteiger partial charge < -0.3 is 18.9 Å². The maximum absolute atomic E-state index is 6.07. The van der Waals surface area contributed by atoms with Crippen LogP contribution in [0.5, 0.6) is 11.5 Å². The van der Waals surface area contributed by atoms with Crippen molar-refractivity contribution in [1.29, 1.82) is 0 Å². The predicted molar refractivity (Wildman–Crippen MR) is 204 cm³/mol. The number of benzene rings is 8. The Labute approximate surface area is 295 Å². The zero-order valence-corrected chi connectivity index (χ0v) is 28.0. The lowest BCUT2D eigenvalue weighted by Crippen LogP contribution is -2.28. The van der Waals surface area contributed by atoms with Gasteiger partial charge in [-0.05, 0) is 125 Å². The monoisotopic (exact) mass is 662 g/mol. The molecule has 0 bridgehead atoms. The number of fused-ring (bicyclic) bond motifs is 8. The highest BCUT2D eigenvalue weighted by Crippen LogP contribution is 2.59. The lowest BCUT2D eigenvalue weighted by molar-refractivity contribution is 0.263. The third-order valence-corrected chi connectivity index (χ3v) is 11.1. The first-order valence-electron chi connectivity index (χ1n) is 17.8. The molecule has 0 saturated carbocycles. The Morgan fingerprint density at radius 2 is 0.961 bits per heavy atom. The van der Waals surface area contributed by atoms with Crippen LogP contribution in [0.3, 0.4) is 0 Å². The van der Waals surface area contributed by atoms with Gasteiger partial charge in [0.2, 0.25) is 0 Å². The van der Waals surface area contributed by atoms with E-state index in [0.29, 0.717) is 13.2 Å². The molecular weight excluding hydrogens is 629 g/mol. The SMILES string of the molecule is c1ccc2cc3c(cc2c1)-c1c(ccc2ccccc12)C3(c1ccc2cc(OCC3CO3)ccc2c1)c1ccc2cc(OCC3CO3)ccc2c1. The molecule has 2 aliphatic heterocycles. The van der Waals surface area contributed by atoms with Crippen LogP contribution in [-0.2, 0) is 14.9 Å². The highest BCUT2D eigenvalue weighted by molar-refractivity contribution is 6.07. The lowest BCUT2D eigenvalue weighted by Gasteiger charge is -2.34. The van der Waals surface area contributed by atoms with Gasteiger partial charge in [0.15, 0.2) is 0 Å². The van der Waals surface area contributed by atoms with Crippen molar-refractivity contribution in [2.45, 2.75) is 17.6 Å². The maximum Gasteiger partial charge on any atom is 0.120 e. The fourth-order valence-corrected chi connectivity index (χ4v) is 8.37. The van der Waals surface area contributed by atoms with Crippen molar-refractivity contribution in [3.8, 4) is 22.6 Å². The van der Waals surface area contributed by atoms with Gasteiger partial charge in [0, 0.05) is 0 Å².